The van der Waals surface area contributed by atoms with Crippen molar-refractivity contribution in [3.8, 4) is 0 Å². The predicted molar refractivity (Wildman–Crippen MR) is 96.0 cm³/mol. The summed E-state index contributed by atoms with van der Waals surface area (Å²) in [5, 5.41) is 3.86. The summed E-state index contributed by atoms with van der Waals surface area (Å²) < 4.78 is 5.98. The number of carbonyl (C=O) groups excluding carboxylic acids is 2. The number of methoxy groups -OCH3 is 1. The van der Waals surface area contributed by atoms with Crippen molar-refractivity contribution in [2.45, 2.75) is 51.5 Å². The van der Waals surface area contributed by atoms with Crippen LogP contribution < -0.4 is 5.32 Å². The zero-order valence-electron chi connectivity index (χ0n) is 14.4. The first-order chi connectivity index (χ1) is 11.5. The van der Waals surface area contributed by atoms with Gasteiger partial charge in [-0.2, -0.15) is 0 Å². The monoisotopic (exact) mass is 348 g/mol. The van der Waals surface area contributed by atoms with Gasteiger partial charge in [0.2, 0.25) is 5.91 Å². The number of aromatic nitrogens is 1. The molecule has 0 aliphatic heterocycles. The first-order valence-electron chi connectivity index (χ1n) is 8.22. The highest BCUT2D eigenvalue weighted by molar-refractivity contribution is 7.18. The molecular weight excluding hydrogens is 324 g/mol. The van der Waals surface area contributed by atoms with E-state index in [0.29, 0.717) is 19.3 Å². The first kappa shape index (κ1) is 18.4. The van der Waals surface area contributed by atoms with Crippen LogP contribution in [0.5, 0.6) is 0 Å². The largest absolute Gasteiger partial charge is 0.467 e. The van der Waals surface area contributed by atoms with Crippen molar-refractivity contribution >= 4 is 33.4 Å². The topological polar surface area (TPSA) is 68.3 Å². The van der Waals surface area contributed by atoms with Crippen molar-refractivity contribution in [3.63, 3.8) is 0 Å². The van der Waals surface area contributed by atoms with Gasteiger partial charge in [0.05, 0.1) is 22.3 Å². The van der Waals surface area contributed by atoms with Crippen molar-refractivity contribution in [2.24, 2.45) is 0 Å². The Bertz CT molecular complexity index is 680. The molecule has 0 bridgehead atoms. The first-order valence-corrected chi connectivity index (χ1v) is 9.04. The van der Waals surface area contributed by atoms with Crippen molar-refractivity contribution in [2.75, 3.05) is 7.11 Å². The molecule has 1 heterocycles. The molecule has 0 fully saturated rings. The molecule has 1 aromatic carbocycles. The third-order valence-corrected chi connectivity index (χ3v) is 5.03. The molecule has 0 saturated carbocycles. The van der Waals surface area contributed by atoms with Crippen molar-refractivity contribution < 1.29 is 14.3 Å². The molecule has 0 radical (unpaired) electrons. The van der Waals surface area contributed by atoms with Crippen molar-refractivity contribution in [3.05, 3.63) is 29.3 Å². The predicted octanol–water partition coefficient (Wildman–Crippen LogP) is 3.47. The van der Waals surface area contributed by atoms with E-state index in [9.17, 15) is 9.59 Å². The molecule has 0 aliphatic rings. The minimum atomic E-state index is -0.948. The van der Waals surface area contributed by atoms with Gasteiger partial charge >= 0.3 is 5.97 Å². The number of rotatable bonds is 8. The molecule has 6 heteroatoms. The Balaban J connectivity index is 1.86. The van der Waals surface area contributed by atoms with Crippen LogP contribution in [0.15, 0.2) is 24.3 Å². The van der Waals surface area contributed by atoms with Gasteiger partial charge in [-0.05, 0) is 38.3 Å². The second kappa shape index (κ2) is 8.24. The average molecular weight is 348 g/mol. The van der Waals surface area contributed by atoms with E-state index in [2.05, 4.69) is 16.4 Å². The van der Waals surface area contributed by atoms with Gasteiger partial charge in [-0.25, -0.2) is 9.78 Å². The van der Waals surface area contributed by atoms with E-state index in [1.807, 2.05) is 25.1 Å². The van der Waals surface area contributed by atoms with Crippen LogP contribution in [0.1, 0.15) is 44.5 Å². The summed E-state index contributed by atoms with van der Waals surface area (Å²) in [6.45, 7) is 3.69. The molecule has 1 atom stereocenters. The normalized spacial score (nSPS) is 13.5. The number of nitrogens with zero attached hydrogens (tertiary/aromatic N) is 1. The Morgan fingerprint density at radius 2 is 2.08 bits per heavy atom. The number of ether oxygens (including phenoxy) is 1. The number of hydrogen-bond donors (Lipinski definition) is 1. The van der Waals surface area contributed by atoms with Gasteiger partial charge in [-0.1, -0.05) is 25.5 Å². The van der Waals surface area contributed by atoms with Gasteiger partial charge < -0.3 is 10.1 Å². The summed E-state index contributed by atoms with van der Waals surface area (Å²) in [5.74, 6) is -0.527. The van der Waals surface area contributed by atoms with Crippen LogP contribution in [0.2, 0.25) is 0 Å². The molecule has 0 saturated heterocycles. The van der Waals surface area contributed by atoms with E-state index in [1.165, 1.54) is 7.11 Å². The number of para-hydroxylation sites is 1. The lowest BCUT2D eigenvalue weighted by Crippen LogP contribution is -2.52. The summed E-state index contributed by atoms with van der Waals surface area (Å²) in [6, 6.07) is 8.02. The van der Waals surface area contributed by atoms with E-state index in [4.69, 9.17) is 4.74 Å². The maximum absolute atomic E-state index is 12.2. The number of hydrogen-bond acceptors (Lipinski definition) is 5. The second-order valence-electron chi connectivity index (χ2n) is 6.05. The smallest absolute Gasteiger partial charge is 0.331 e. The van der Waals surface area contributed by atoms with Crippen molar-refractivity contribution in [1.82, 2.24) is 10.3 Å². The number of carbonyl (C=O) groups is 2. The molecule has 130 valence electrons. The number of nitrogens with one attached hydrogen (secondary N) is 1. The molecule has 1 aromatic heterocycles. The summed E-state index contributed by atoms with van der Waals surface area (Å²) in [6.07, 6.45) is 3.18. The molecule has 0 unspecified atom stereocenters. The Morgan fingerprint density at radius 3 is 2.75 bits per heavy atom. The SMILES string of the molecule is CCC[C@](C)(NC(=O)CCCc1nc2ccccc2s1)C(=O)OC. The minimum absolute atomic E-state index is 0.127. The fourth-order valence-corrected chi connectivity index (χ4v) is 3.75. The van der Waals surface area contributed by atoms with Crippen LogP contribution in [0.25, 0.3) is 10.2 Å². The number of amides is 1. The van der Waals surface area contributed by atoms with Crippen LogP contribution in [0.4, 0.5) is 0 Å². The van der Waals surface area contributed by atoms with Crippen LogP contribution in [0.3, 0.4) is 0 Å². The lowest BCUT2D eigenvalue weighted by Gasteiger charge is -2.27. The average Bonchev–Trinajstić information content (AvgIpc) is 2.96. The summed E-state index contributed by atoms with van der Waals surface area (Å²) in [7, 11) is 1.34. The highest BCUT2D eigenvalue weighted by atomic mass is 32.1. The molecular formula is C18H24N2O3S. The minimum Gasteiger partial charge on any atom is -0.467 e. The van der Waals surface area contributed by atoms with E-state index in [1.54, 1.807) is 18.3 Å². The number of fused-ring (bicyclic) bond motifs is 1. The molecule has 0 spiro atoms. The zero-order valence-corrected chi connectivity index (χ0v) is 15.2. The zero-order chi connectivity index (χ0) is 17.6. The van der Waals surface area contributed by atoms with E-state index >= 15 is 0 Å². The highest BCUT2D eigenvalue weighted by Crippen LogP contribution is 2.23. The third kappa shape index (κ3) is 4.54. The fourth-order valence-electron chi connectivity index (χ4n) is 2.74. The second-order valence-corrected chi connectivity index (χ2v) is 7.17. The van der Waals surface area contributed by atoms with Gasteiger partial charge in [0.15, 0.2) is 0 Å². The van der Waals surface area contributed by atoms with Gasteiger partial charge in [0, 0.05) is 6.42 Å². The summed E-state index contributed by atoms with van der Waals surface area (Å²) >= 11 is 1.66. The quantitative estimate of drug-likeness (QED) is 0.742. The van der Waals surface area contributed by atoms with Crippen molar-refractivity contribution in [1.29, 1.82) is 0 Å². The maximum Gasteiger partial charge on any atom is 0.331 e. The molecule has 5 nitrogen and oxygen atoms in total. The Kier molecular flexibility index (Phi) is 6.31. The summed E-state index contributed by atoms with van der Waals surface area (Å²) in [4.78, 5) is 28.7. The number of aryl methyl sites for hydroxylation is 1. The van der Waals surface area contributed by atoms with Crippen LogP contribution in [0, 0.1) is 0 Å². The Hall–Kier alpha value is -1.95. The molecule has 1 N–H and O–H groups in total. The number of esters is 1. The number of thiazole rings is 1. The van der Waals surface area contributed by atoms with Crippen LogP contribution in [-0.2, 0) is 20.7 Å². The standard InChI is InChI=1S/C18H24N2O3S/c1-4-12-18(2,17(22)23-3)20-15(21)10-7-11-16-19-13-8-5-6-9-14(13)24-16/h5-6,8-9H,4,7,10-12H2,1-3H3,(H,20,21)/t18-/m0/s1. The Morgan fingerprint density at radius 1 is 1.33 bits per heavy atom. The fraction of sp³-hybridized carbons (Fsp3) is 0.500. The molecule has 2 rings (SSSR count). The maximum atomic E-state index is 12.2. The van der Waals surface area contributed by atoms with E-state index < -0.39 is 11.5 Å². The molecule has 2 aromatic rings. The van der Waals surface area contributed by atoms with Crippen LogP contribution in [-0.4, -0.2) is 29.5 Å². The van der Waals surface area contributed by atoms with E-state index in [-0.39, 0.29) is 5.91 Å². The van der Waals surface area contributed by atoms with Gasteiger partial charge in [0.25, 0.3) is 0 Å². The lowest BCUT2D eigenvalue weighted by molar-refractivity contribution is -0.150. The highest BCUT2D eigenvalue weighted by Gasteiger charge is 2.34. The third-order valence-electron chi connectivity index (χ3n) is 3.93. The number of benzene rings is 1. The van der Waals surface area contributed by atoms with Gasteiger partial charge in [-0.3, -0.25) is 4.79 Å². The van der Waals surface area contributed by atoms with Crippen LogP contribution >= 0.6 is 11.3 Å². The van der Waals surface area contributed by atoms with Gasteiger partial charge in [0.1, 0.15) is 5.54 Å². The Labute approximate surface area is 146 Å². The summed E-state index contributed by atoms with van der Waals surface area (Å²) in [5.41, 5.74) is 0.0550. The van der Waals surface area contributed by atoms with E-state index in [0.717, 1.165) is 28.1 Å². The molecule has 24 heavy (non-hydrogen) atoms. The molecule has 1 amide bonds. The lowest BCUT2D eigenvalue weighted by atomic mass is 9.96. The van der Waals surface area contributed by atoms with Gasteiger partial charge in [-0.15, -0.1) is 11.3 Å². The molecule has 0 aliphatic carbocycles.